The number of anilines is 1. The van der Waals surface area contributed by atoms with Gasteiger partial charge >= 0.3 is 0 Å². The SMILES string of the molecule is Cc1ccc2c(c1)C(=O)NC(C)CN2. The van der Waals surface area contributed by atoms with Crippen LogP contribution in [0.15, 0.2) is 18.2 Å². The Morgan fingerprint density at radius 1 is 1.43 bits per heavy atom. The molecule has 0 bridgehead atoms. The molecule has 74 valence electrons. The monoisotopic (exact) mass is 190 g/mol. The Morgan fingerprint density at radius 3 is 3.00 bits per heavy atom. The minimum atomic E-state index is 0.0150. The van der Waals surface area contributed by atoms with E-state index < -0.39 is 0 Å². The molecule has 1 aromatic rings. The summed E-state index contributed by atoms with van der Waals surface area (Å²) in [5.41, 5.74) is 2.78. The maximum atomic E-state index is 11.7. The quantitative estimate of drug-likeness (QED) is 0.651. The van der Waals surface area contributed by atoms with Gasteiger partial charge in [-0.2, -0.15) is 0 Å². The highest BCUT2D eigenvalue weighted by Gasteiger charge is 2.17. The number of hydrogen-bond acceptors (Lipinski definition) is 2. The van der Waals surface area contributed by atoms with Crippen molar-refractivity contribution in [3.8, 4) is 0 Å². The molecule has 2 rings (SSSR count). The van der Waals surface area contributed by atoms with E-state index in [4.69, 9.17) is 0 Å². The van der Waals surface area contributed by atoms with E-state index >= 15 is 0 Å². The van der Waals surface area contributed by atoms with E-state index in [9.17, 15) is 4.79 Å². The Balaban J connectivity index is 2.44. The molecule has 0 radical (unpaired) electrons. The summed E-state index contributed by atoms with van der Waals surface area (Å²) in [6.45, 7) is 4.76. The number of rotatable bonds is 0. The van der Waals surface area contributed by atoms with Crippen molar-refractivity contribution in [1.82, 2.24) is 5.32 Å². The number of fused-ring (bicyclic) bond motifs is 1. The predicted octanol–water partition coefficient (Wildman–Crippen LogP) is 1.54. The van der Waals surface area contributed by atoms with Crippen LogP contribution in [0.1, 0.15) is 22.8 Å². The number of hydrogen-bond donors (Lipinski definition) is 2. The second kappa shape index (κ2) is 3.33. The lowest BCUT2D eigenvalue weighted by Crippen LogP contribution is -2.34. The highest BCUT2D eigenvalue weighted by atomic mass is 16.1. The largest absolute Gasteiger partial charge is 0.382 e. The second-order valence-electron chi connectivity index (χ2n) is 3.80. The lowest BCUT2D eigenvalue weighted by molar-refractivity contribution is 0.0945. The highest BCUT2D eigenvalue weighted by molar-refractivity contribution is 6.00. The van der Waals surface area contributed by atoms with Gasteiger partial charge in [0, 0.05) is 18.3 Å². The van der Waals surface area contributed by atoms with Crippen molar-refractivity contribution in [2.24, 2.45) is 0 Å². The van der Waals surface area contributed by atoms with Gasteiger partial charge in [0.25, 0.3) is 5.91 Å². The molecule has 0 aromatic heterocycles. The summed E-state index contributed by atoms with van der Waals surface area (Å²) in [6.07, 6.45) is 0. The van der Waals surface area contributed by atoms with Crippen LogP contribution in [0.5, 0.6) is 0 Å². The first kappa shape index (κ1) is 9.06. The lowest BCUT2D eigenvalue weighted by Gasteiger charge is -2.08. The highest BCUT2D eigenvalue weighted by Crippen LogP contribution is 2.19. The zero-order valence-electron chi connectivity index (χ0n) is 8.42. The molecule has 2 N–H and O–H groups in total. The van der Waals surface area contributed by atoms with E-state index in [0.29, 0.717) is 0 Å². The summed E-state index contributed by atoms with van der Waals surface area (Å²) in [6, 6.07) is 6.06. The Labute approximate surface area is 83.5 Å². The third-order valence-electron chi connectivity index (χ3n) is 2.40. The van der Waals surface area contributed by atoms with Gasteiger partial charge in [-0.05, 0) is 26.0 Å². The molecule has 0 spiro atoms. The molecule has 1 amide bonds. The minimum absolute atomic E-state index is 0.0150. The second-order valence-corrected chi connectivity index (χ2v) is 3.80. The van der Waals surface area contributed by atoms with Gasteiger partial charge in [-0.25, -0.2) is 0 Å². The molecule has 1 aliphatic heterocycles. The molecule has 1 unspecified atom stereocenters. The number of aryl methyl sites for hydroxylation is 1. The average Bonchev–Trinajstić information content (AvgIpc) is 2.27. The maximum Gasteiger partial charge on any atom is 0.253 e. The van der Waals surface area contributed by atoms with Crippen LogP contribution in [0.2, 0.25) is 0 Å². The fourth-order valence-electron chi connectivity index (χ4n) is 1.62. The number of amides is 1. The third kappa shape index (κ3) is 1.58. The summed E-state index contributed by atoms with van der Waals surface area (Å²) < 4.78 is 0. The zero-order chi connectivity index (χ0) is 10.1. The molecular weight excluding hydrogens is 176 g/mol. The zero-order valence-corrected chi connectivity index (χ0v) is 8.42. The van der Waals surface area contributed by atoms with Crippen LogP contribution < -0.4 is 10.6 Å². The van der Waals surface area contributed by atoms with E-state index in [1.165, 1.54) is 0 Å². The van der Waals surface area contributed by atoms with Crippen LogP contribution in [0.4, 0.5) is 5.69 Å². The molecule has 3 nitrogen and oxygen atoms in total. The summed E-state index contributed by atoms with van der Waals surface area (Å²) >= 11 is 0. The van der Waals surface area contributed by atoms with E-state index in [1.54, 1.807) is 0 Å². The standard InChI is InChI=1S/C11H14N2O/c1-7-3-4-10-9(5-7)11(14)13-8(2)6-12-10/h3-5,8,12H,6H2,1-2H3,(H,13,14). The van der Waals surface area contributed by atoms with Gasteiger partial charge in [0.1, 0.15) is 0 Å². The minimum Gasteiger partial charge on any atom is -0.382 e. The Morgan fingerprint density at radius 2 is 2.21 bits per heavy atom. The van der Waals surface area contributed by atoms with Crippen LogP contribution in [0.25, 0.3) is 0 Å². The van der Waals surface area contributed by atoms with Crippen molar-refractivity contribution in [3.63, 3.8) is 0 Å². The van der Waals surface area contributed by atoms with Crippen molar-refractivity contribution in [2.45, 2.75) is 19.9 Å². The van der Waals surface area contributed by atoms with Gasteiger partial charge in [0.2, 0.25) is 0 Å². The smallest absolute Gasteiger partial charge is 0.253 e. The molecule has 3 heteroatoms. The van der Waals surface area contributed by atoms with E-state index in [2.05, 4.69) is 10.6 Å². The summed E-state index contributed by atoms with van der Waals surface area (Å²) in [5, 5.41) is 6.17. The topological polar surface area (TPSA) is 41.1 Å². The van der Waals surface area contributed by atoms with Crippen LogP contribution in [-0.2, 0) is 0 Å². The van der Waals surface area contributed by atoms with Gasteiger partial charge in [-0.1, -0.05) is 11.6 Å². The van der Waals surface area contributed by atoms with Crippen LogP contribution in [0, 0.1) is 6.92 Å². The Bertz CT molecular complexity index is 374. The summed E-state index contributed by atoms with van der Waals surface area (Å²) in [4.78, 5) is 11.7. The summed E-state index contributed by atoms with van der Waals surface area (Å²) in [7, 11) is 0. The van der Waals surface area contributed by atoms with Crippen LogP contribution in [0.3, 0.4) is 0 Å². The molecule has 0 saturated carbocycles. The van der Waals surface area contributed by atoms with Gasteiger partial charge in [0.15, 0.2) is 0 Å². The Kier molecular flexibility index (Phi) is 2.15. The number of carbonyl (C=O) groups is 1. The van der Waals surface area contributed by atoms with Gasteiger partial charge in [-0.15, -0.1) is 0 Å². The molecule has 1 aliphatic rings. The molecule has 14 heavy (non-hydrogen) atoms. The molecule has 0 aliphatic carbocycles. The molecule has 1 atom stereocenters. The van der Waals surface area contributed by atoms with E-state index in [-0.39, 0.29) is 11.9 Å². The molecule has 0 fully saturated rings. The molecule has 0 saturated heterocycles. The van der Waals surface area contributed by atoms with Crippen molar-refractivity contribution < 1.29 is 4.79 Å². The number of nitrogens with one attached hydrogen (secondary N) is 2. The molecular formula is C11H14N2O. The predicted molar refractivity (Wildman–Crippen MR) is 56.6 cm³/mol. The average molecular weight is 190 g/mol. The molecule has 1 aromatic carbocycles. The first-order valence-corrected chi connectivity index (χ1v) is 4.82. The molecule has 1 heterocycles. The van der Waals surface area contributed by atoms with Gasteiger partial charge in [-0.3, -0.25) is 4.79 Å². The Hall–Kier alpha value is -1.51. The third-order valence-corrected chi connectivity index (χ3v) is 2.40. The number of carbonyl (C=O) groups excluding carboxylic acids is 1. The maximum absolute atomic E-state index is 11.7. The van der Waals surface area contributed by atoms with Crippen molar-refractivity contribution in [2.75, 3.05) is 11.9 Å². The fourth-order valence-corrected chi connectivity index (χ4v) is 1.62. The van der Waals surface area contributed by atoms with Crippen molar-refractivity contribution >= 4 is 11.6 Å². The van der Waals surface area contributed by atoms with Crippen LogP contribution >= 0.6 is 0 Å². The number of benzene rings is 1. The van der Waals surface area contributed by atoms with Crippen molar-refractivity contribution in [3.05, 3.63) is 29.3 Å². The van der Waals surface area contributed by atoms with E-state index in [1.807, 2.05) is 32.0 Å². The van der Waals surface area contributed by atoms with Crippen LogP contribution in [-0.4, -0.2) is 18.5 Å². The van der Waals surface area contributed by atoms with Gasteiger partial charge in [0.05, 0.1) is 5.56 Å². The normalized spacial score (nSPS) is 20.4. The van der Waals surface area contributed by atoms with Crippen molar-refractivity contribution in [1.29, 1.82) is 0 Å². The van der Waals surface area contributed by atoms with E-state index in [0.717, 1.165) is 23.4 Å². The van der Waals surface area contributed by atoms with Gasteiger partial charge < -0.3 is 10.6 Å². The first-order chi connectivity index (χ1) is 6.66. The lowest BCUT2D eigenvalue weighted by atomic mass is 10.1. The first-order valence-electron chi connectivity index (χ1n) is 4.82. The fraction of sp³-hybridized carbons (Fsp3) is 0.364. The summed E-state index contributed by atoms with van der Waals surface area (Å²) in [5.74, 6) is 0.0150.